The number of nitrogens with zero attached hydrogens (tertiary/aromatic N) is 2. The van der Waals surface area contributed by atoms with E-state index in [-0.39, 0.29) is 5.41 Å². The summed E-state index contributed by atoms with van der Waals surface area (Å²) in [6.45, 7) is 5.26. The Morgan fingerprint density at radius 3 is 2.42 bits per heavy atom. The molecule has 4 aliphatic carbocycles. The zero-order valence-corrected chi connectivity index (χ0v) is 16.2. The van der Waals surface area contributed by atoms with E-state index in [0.29, 0.717) is 17.5 Å². The van der Waals surface area contributed by atoms with E-state index in [0.717, 1.165) is 53.0 Å². The maximum Gasteiger partial charge on any atom is 0.206 e. The number of ketones is 1. The number of nitrogens with one attached hydrogen (secondary N) is 1. The van der Waals surface area contributed by atoms with Crippen molar-refractivity contribution in [2.75, 3.05) is 17.6 Å². The minimum absolute atomic E-state index is 0.0190. The van der Waals surface area contributed by atoms with Crippen LogP contribution in [0.25, 0.3) is 0 Å². The first-order valence-corrected chi connectivity index (χ1v) is 11.1. The number of anilines is 1. The van der Waals surface area contributed by atoms with Gasteiger partial charge in [-0.1, -0.05) is 36.9 Å². The van der Waals surface area contributed by atoms with Gasteiger partial charge < -0.3 is 5.32 Å². The number of hydrogen-bond donors (Lipinski definition) is 1. The van der Waals surface area contributed by atoms with Crippen LogP contribution in [0.5, 0.6) is 0 Å². The van der Waals surface area contributed by atoms with Gasteiger partial charge in [0.1, 0.15) is 5.78 Å². The molecule has 4 fully saturated rings. The van der Waals surface area contributed by atoms with Crippen molar-refractivity contribution in [3.63, 3.8) is 0 Å². The number of thioether (sulfide) groups is 1. The van der Waals surface area contributed by atoms with Crippen LogP contribution in [0.2, 0.25) is 0 Å². The van der Waals surface area contributed by atoms with E-state index < -0.39 is 0 Å². The highest BCUT2D eigenvalue weighted by Crippen LogP contribution is 2.60. The first kappa shape index (κ1) is 16.8. The minimum atomic E-state index is 0.0190. The Morgan fingerprint density at radius 2 is 1.83 bits per heavy atom. The lowest BCUT2D eigenvalue weighted by Crippen LogP contribution is -2.50. The Morgan fingerprint density at radius 1 is 1.21 bits per heavy atom. The molecule has 132 valence electrons. The molecule has 1 aromatic heterocycles. The molecule has 24 heavy (non-hydrogen) atoms. The average molecular weight is 366 g/mol. The lowest BCUT2D eigenvalue weighted by molar-refractivity contribution is -0.141. The second-order valence-corrected chi connectivity index (χ2v) is 10.8. The fourth-order valence-electron chi connectivity index (χ4n) is 5.36. The highest BCUT2D eigenvalue weighted by molar-refractivity contribution is 8.01. The molecule has 0 radical (unpaired) electrons. The normalized spacial score (nSPS) is 34.0. The summed E-state index contributed by atoms with van der Waals surface area (Å²) in [5.74, 6) is 4.14. The van der Waals surface area contributed by atoms with Gasteiger partial charge in [0.2, 0.25) is 5.13 Å². The lowest BCUT2D eigenvalue weighted by Gasteiger charge is -2.56. The van der Waals surface area contributed by atoms with E-state index in [4.69, 9.17) is 0 Å². The first-order valence-electron chi connectivity index (χ1n) is 9.26. The van der Waals surface area contributed by atoms with Crippen LogP contribution in [0.15, 0.2) is 4.34 Å². The third-order valence-electron chi connectivity index (χ3n) is 6.02. The monoisotopic (exact) mass is 365 g/mol. The van der Waals surface area contributed by atoms with Crippen molar-refractivity contribution in [2.45, 2.75) is 56.7 Å². The topological polar surface area (TPSA) is 54.9 Å². The number of carbonyl (C=O) groups is 1. The molecule has 4 saturated carbocycles. The van der Waals surface area contributed by atoms with Gasteiger partial charge in [-0.05, 0) is 62.2 Å². The zero-order valence-electron chi connectivity index (χ0n) is 14.6. The van der Waals surface area contributed by atoms with Crippen LogP contribution in [0, 0.1) is 29.1 Å². The highest BCUT2D eigenvalue weighted by atomic mass is 32.2. The molecule has 1 heterocycles. The van der Waals surface area contributed by atoms with Crippen molar-refractivity contribution in [3.8, 4) is 0 Å². The molecule has 0 spiro atoms. The van der Waals surface area contributed by atoms with Crippen molar-refractivity contribution < 1.29 is 4.79 Å². The van der Waals surface area contributed by atoms with E-state index in [1.807, 2.05) is 0 Å². The van der Waals surface area contributed by atoms with Crippen molar-refractivity contribution in [1.29, 1.82) is 0 Å². The van der Waals surface area contributed by atoms with Gasteiger partial charge in [0, 0.05) is 12.0 Å². The maximum absolute atomic E-state index is 13.0. The van der Waals surface area contributed by atoms with E-state index in [2.05, 4.69) is 29.4 Å². The summed E-state index contributed by atoms with van der Waals surface area (Å²) in [6.07, 6.45) is 7.66. The molecule has 4 bridgehead atoms. The molecule has 4 nitrogen and oxygen atoms in total. The zero-order chi connectivity index (χ0) is 16.7. The van der Waals surface area contributed by atoms with Crippen molar-refractivity contribution in [1.82, 2.24) is 10.2 Å². The SMILES string of the molecule is CC(C)CNc1nnc(SCC(=O)C23CC4CC(CC(C4)C2)C3)s1. The van der Waals surface area contributed by atoms with Crippen molar-refractivity contribution in [2.24, 2.45) is 29.1 Å². The molecule has 5 rings (SSSR count). The van der Waals surface area contributed by atoms with Gasteiger partial charge in [-0.3, -0.25) is 4.79 Å². The molecule has 0 amide bonds. The van der Waals surface area contributed by atoms with Crippen LogP contribution in [0.4, 0.5) is 5.13 Å². The molecular weight excluding hydrogens is 338 g/mol. The predicted molar refractivity (Wildman–Crippen MR) is 99.6 cm³/mol. The van der Waals surface area contributed by atoms with Crippen LogP contribution in [0.1, 0.15) is 52.4 Å². The molecule has 1 aromatic rings. The average Bonchev–Trinajstić information content (AvgIpc) is 2.97. The maximum atomic E-state index is 13.0. The van der Waals surface area contributed by atoms with Crippen LogP contribution >= 0.6 is 23.1 Å². The minimum Gasteiger partial charge on any atom is -0.360 e. The lowest BCUT2D eigenvalue weighted by atomic mass is 9.48. The summed E-state index contributed by atoms with van der Waals surface area (Å²) >= 11 is 3.16. The van der Waals surface area contributed by atoms with Gasteiger partial charge in [0.25, 0.3) is 0 Å². The largest absolute Gasteiger partial charge is 0.360 e. The van der Waals surface area contributed by atoms with E-state index in [1.54, 1.807) is 23.1 Å². The van der Waals surface area contributed by atoms with Crippen LogP contribution < -0.4 is 5.32 Å². The van der Waals surface area contributed by atoms with Crippen molar-refractivity contribution in [3.05, 3.63) is 0 Å². The second-order valence-electron chi connectivity index (χ2n) is 8.56. The molecule has 0 saturated heterocycles. The molecule has 4 aliphatic rings. The van der Waals surface area contributed by atoms with Gasteiger partial charge in [0.15, 0.2) is 4.34 Å². The van der Waals surface area contributed by atoms with Gasteiger partial charge in [-0.15, -0.1) is 10.2 Å². The smallest absolute Gasteiger partial charge is 0.206 e. The molecule has 0 unspecified atom stereocenters. The van der Waals surface area contributed by atoms with Crippen LogP contribution in [-0.2, 0) is 4.79 Å². The van der Waals surface area contributed by atoms with Gasteiger partial charge in [-0.25, -0.2) is 0 Å². The molecule has 0 aromatic carbocycles. The van der Waals surface area contributed by atoms with Crippen LogP contribution in [-0.4, -0.2) is 28.3 Å². The fourth-order valence-corrected chi connectivity index (χ4v) is 7.16. The number of rotatable bonds is 7. The summed E-state index contributed by atoms with van der Waals surface area (Å²) in [6, 6.07) is 0. The predicted octanol–water partition coefficient (Wildman–Crippen LogP) is 4.48. The Hall–Kier alpha value is -0.620. The number of aromatic nitrogens is 2. The molecule has 0 aliphatic heterocycles. The summed E-state index contributed by atoms with van der Waals surface area (Å²) in [4.78, 5) is 13.0. The first-order chi connectivity index (χ1) is 11.5. The summed E-state index contributed by atoms with van der Waals surface area (Å²) in [5.41, 5.74) is 0.0190. The standard InChI is InChI=1S/C18H27N3OS2/c1-11(2)9-19-16-20-21-17(24-16)23-10-15(22)18-6-12-3-13(7-18)5-14(4-12)8-18/h11-14H,3-10H2,1-2H3,(H,19,20). The quantitative estimate of drug-likeness (QED) is 0.722. The Bertz CT molecular complexity index is 578. The van der Waals surface area contributed by atoms with Gasteiger partial charge >= 0.3 is 0 Å². The van der Waals surface area contributed by atoms with Gasteiger partial charge in [-0.2, -0.15) is 0 Å². The molecule has 1 N–H and O–H groups in total. The summed E-state index contributed by atoms with van der Waals surface area (Å²) in [7, 11) is 0. The second kappa shape index (κ2) is 6.60. The summed E-state index contributed by atoms with van der Waals surface area (Å²) in [5, 5.41) is 12.6. The Kier molecular flexibility index (Phi) is 4.63. The van der Waals surface area contributed by atoms with Crippen LogP contribution in [0.3, 0.4) is 0 Å². The Balaban J connectivity index is 1.34. The number of carbonyl (C=O) groups excluding carboxylic acids is 1. The third kappa shape index (κ3) is 3.36. The Labute approximate surface area is 152 Å². The number of hydrogen-bond acceptors (Lipinski definition) is 6. The fraction of sp³-hybridized carbons (Fsp3) is 0.833. The number of Topliss-reactive ketones (excluding diaryl/α,β-unsaturated/α-hetero) is 1. The molecule has 0 atom stereocenters. The summed E-state index contributed by atoms with van der Waals surface area (Å²) < 4.78 is 0.916. The van der Waals surface area contributed by atoms with Crippen molar-refractivity contribution >= 4 is 34.0 Å². The van der Waals surface area contributed by atoms with E-state index in [9.17, 15) is 4.79 Å². The van der Waals surface area contributed by atoms with E-state index >= 15 is 0 Å². The molecule has 6 heteroatoms. The van der Waals surface area contributed by atoms with Gasteiger partial charge in [0.05, 0.1) is 5.75 Å². The molecular formula is C18H27N3OS2. The highest BCUT2D eigenvalue weighted by Gasteiger charge is 2.54. The van der Waals surface area contributed by atoms with E-state index in [1.165, 1.54) is 19.3 Å². The third-order valence-corrected chi connectivity index (χ3v) is 8.04.